The molecule has 1 heterocycles. The predicted molar refractivity (Wildman–Crippen MR) is 59.2 cm³/mol. The Labute approximate surface area is 102 Å². The van der Waals surface area contributed by atoms with Crippen molar-refractivity contribution in [1.29, 1.82) is 0 Å². The molecule has 4 N–H and O–H groups in total. The Morgan fingerprint density at radius 2 is 2.06 bits per heavy atom. The molecule has 0 fully saturated rings. The lowest BCUT2D eigenvalue weighted by atomic mass is 9.94. The van der Waals surface area contributed by atoms with E-state index in [0.717, 1.165) is 6.92 Å². The van der Waals surface area contributed by atoms with Crippen molar-refractivity contribution in [1.82, 2.24) is 4.98 Å². The summed E-state index contributed by atoms with van der Waals surface area (Å²) in [7, 11) is 0. The maximum atomic E-state index is 10.9. The van der Waals surface area contributed by atoms with Gasteiger partial charge in [0.1, 0.15) is 0 Å². The Hall–Kier alpha value is -1.99. The van der Waals surface area contributed by atoms with Gasteiger partial charge in [0, 0.05) is 12.6 Å². The minimum atomic E-state index is -2.37. The Morgan fingerprint density at radius 3 is 2.56 bits per heavy atom. The second-order valence-corrected chi connectivity index (χ2v) is 3.98. The molecule has 7 nitrogen and oxygen atoms in total. The standard InChI is InChI=1S/C11H13NO6/c1-11(18,10(16)17)8(13)5-7-6(9(14)15)3-2-4-12-7/h2-4,8,13,18H,5H2,1H3,(H,14,15)(H,16,17). The van der Waals surface area contributed by atoms with Crippen LogP contribution in [0.4, 0.5) is 0 Å². The fraction of sp³-hybridized carbons (Fsp3) is 0.364. The topological polar surface area (TPSA) is 128 Å². The number of aliphatic carboxylic acids is 1. The lowest BCUT2D eigenvalue weighted by molar-refractivity contribution is -0.168. The molecule has 0 aliphatic heterocycles. The molecule has 7 heteroatoms. The van der Waals surface area contributed by atoms with Crippen LogP contribution in [0.15, 0.2) is 18.3 Å². The van der Waals surface area contributed by atoms with Gasteiger partial charge in [0.05, 0.1) is 17.4 Å². The van der Waals surface area contributed by atoms with Crippen LogP contribution in [0.2, 0.25) is 0 Å². The SMILES string of the molecule is CC(O)(C(=O)O)C(O)Cc1ncccc1C(=O)O. The van der Waals surface area contributed by atoms with Gasteiger partial charge < -0.3 is 20.4 Å². The minimum absolute atomic E-state index is 0.0130. The van der Waals surface area contributed by atoms with Crippen LogP contribution < -0.4 is 0 Å². The van der Waals surface area contributed by atoms with Crippen molar-refractivity contribution >= 4 is 11.9 Å². The average Bonchev–Trinajstić information content (AvgIpc) is 2.29. The van der Waals surface area contributed by atoms with Gasteiger partial charge in [-0.05, 0) is 19.1 Å². The molecular formula is C11H13NO6. The first-order chi connectivity index (χ1) is 8.26. The first-order valence-electron chi connectivity index (χ1n) is 5.07. The number of rotatable bonds is 5. The van der Waals surface area contributed by atoms with Crippen LogP contribution in [-0.2, 0) is 11.2 Å². The summed E-state index contributed by atoms with van der Waals surface area (Å²) in [5.41, 5.74) is -2.50. The zero-order chi connectivity index (χ0) is 13.9. The van der Waals surface area contributed by atoms with Gasteiger partial charge in [-0.25, -0.2) is 9.59 Å². The summed E-state index contributed by atoms with van der Waals surface area (Å²) in [6.45, 7) is 0.934. The second kappa shape index (κ2) is 5.11. The highest BCUT2D eigenvalue weighted by molar-refractivity contribution is 5.88. The Kier molecular flexibility index (Phi) is 4.00. The summed E-state index contributed by atoms with van der Waals surface area (Å²) in [5, 5.41) is 36.8. The van der Waals surface area contributed by atoms with Crippen molar-refractivity contribution in [2.24, 2.45) is 0 Å². The normalized spacial score (nSPS) is 15.7. The molecule has 0 amide bonds. The molecule has 0 radical (unpaired) electrons. The van der Waals surface area contributed by atoms with E-state index in [0.29, 0.717) is 0 Å². The molecule has 1 rings (SSSR count). The lowest BCUT2D eigenvalue weighted by Gasteiger charge is -2.24. The summed E-state index contributed by atoms with van der Waals surface area (Å²) in [6.07, 6.45) is -0.714. The zero-order valence-electron chi connectivity index (χ0n) is 9.57. The van der Waals surface area contributed by atoms with Crippen LogP contribution >= 0.6 is 0 Å². The number of carbonyl (C=O) groups is 2. The third kappa shape index (κ3) is 2.82. The number of nitrogens with zero attached hydrogens (tertiary/aromatic N) is 1. The number of carboxylic acids is 2. The van der Waals surface area contributed by atoms with Crippen molar-refractivity contribution in [3.05, 3.63) is 29.6 Å². The van der Waals surface area contributed by atoms with E-state index < -0.39 is 23.6 Å². The van der Waals surface area contributed by atoms with E-state index in [1.54, 1.807) is 0 Å². The van der Waals surface area contributed by atoms with Crippen molar-refractivity contribution < 1.29 is 30.0 Å². The maximum absolute atomic E-state index is 10.9. The number of aromatic nitrogens is 1. The molecule has 0 aliphatic rings. The first kappa shape index (κ1) is 14.1. The van der Waals surface area contributed by atoms with Gasteiger partial charge in [-0.3, -0.25) is 4.98 Å². The van der Waals surface area contributed by atoms with E-state index in [2.05, 4.69) is 4.98 Å². The van der Waals surface area contributed by atoms with Gasteiger partial charge in [-0.15, -0.1) is 0 Å². The van der Waals surface area contributed by atoms with Crippen molar-refractivity contribution in [2.45, 2.75) is 25.0 Å². The molecule has 2 unspecified atom stereocenters. The molecule has 18 heavy (non-hydrogen) atoms. The van der Waals surface area contributed by atoms with E-state index in [1.165, 1.54) is 18.3 Å². The molecule has 1 aromatic heterocycles. The molecule has 0 spiro atoms. The number of aliphatic hydroxyl groups excluding tert-OH is 1. The summed E-state index contributed by atoms with van der Waals surface area (Å²) in [5.74, 6) is -2.83. The van der Waals surface area contributed by atoms with E-state index in [-0.39, 0.29) is 17.7 Å². The summed E-state index contributed by atoms with van der Waals surface area (Å²) < 4.78 is 0. The van der Waals surface area contributed by atoms with Crippen molar-refractivity contribution in [2.75, 3.05) is 0 Å². The number of pyridine rings is 1. The second-order valence-electron chi connectivity index (χ2n) is 3.98. The van der Waals surface area contributed by atoms with Crippen LogP contribution in [0.1, 0.15) is 23.0 Å². The molecule has 0 aliphatic carbocycles. The third-order valence-corrected chi connectivity index (χ3v) is 2.59. The van der Waals surface area contributed by atoms with E-state index >= 15 is 0 Å². The zero-order valence-corrected chi connectivity index (χ0v) is 9.57. The number of hydrogen-bond donors (Lipinski definition) is 4. The quantitative estimate of drug-likeness (QED) is 0.559. The number of aromatic carboxylic acids is 1. The van der Waals surface area contributed by atoms with Crippen LogP contribution in [0.5, 0.6) is 0 Å². The highest BCUT2D eigenvalue weighted by atomic mass is 16.4. The number of carboxylic acid groups (broad SMARTS) is 2. The molecule has 0 saturated heterocycles. The number of hydrogen-bond acceptors (Lipinski definition) is 5. The monoisotopic (exact) mass is 255 g/mol. The largest absolute Gasteiger partial charge is 0.479 e. The molecule has 1 aromatic rings. The van der Waals surface area contributed by atoms with Crippen molar-refractivity contribution in [3.63, 3.8) is 0 Å². The van der Waals surface area contributed by atoms with Crippen LogP contribution in [-0.4, -0.2) is 49.1 Å². The lowest BCUT2D eigenvalue weighted by Crippen LogP contribution is -2.48. The maximum Gasteiger partial charge on any atom is 0.338 e. The van der Waals surface area contributed by atoms with Gasteiger partial charge in [0.25, 0.3) is 0 Å². The van der Waals surface area contributed by atoms with Crippen LogP contribution in [0.25, 0.3) is 0 Å². The summed E-state index contributed by atoms with van der Waals surface area (Å²) in [6, 6.07) is 2.70. The number of aliphatic hydroxyl groups is 2. The Morgan fingerprint density at radius 1 is 1.44 bits per heavy atom. The third-order valence-electron chi connectivity index (χ3n) is 2.59. The Balaban J connectivity index is 2.99. The molecule has 98 valence electrons. The average molecular weight is 255 g/mol. The fourth-order valence-corrected chi connectivity index (χ4v) is 1.32. The minimum Gasteiger partial charge on any atom is -0.479 e. The van der Waals surface area contributed by atoms with Crippen LogP contribution in [0, 0.1) is 0 Å². The van der Waals surface area contributed by atoms with E-state index in [9.17, 15) is 19.8 Å². The Bertz CT molecular complexity index is 470. The summed E-state index contributed by atoms with van der Waals surface area (Å²) >= 11 is 0. The molecule has 2 atom stereocenters. The highest BCUT2D eigenvalue weighted by Crippen LogP contribution is 2.16. The van der Waals surface area contributed by atoms with E-state index in [4.69, 9.17) is 10.2 Å². The van der Waals surface area contributed by atoms with Gasteiger partial charge >= 0.3 is 11.9 Å². The smallest absolute Gasteiger partial charge is 0.338 e. The first-order valence-corrected chi connectivity index (χ1v) is 5.07. The van der Waals surface area contributed by atoms with Gasteiger partial charge in [-0.1, -0.05) is 0 Å². The fourth-order valence-electron chi connectivity index (χ4n) is 1.32. The van der Waals surface area contributed by atoms with Crippen LogP contribution in [0.3, 0.4) is 0 Å². The van der Waals surface area contributed by atoms with Gasteiger partial charge in [0.15, 0.2) is 5.60 Å². The molecular weight excluding hydrogens is 242 g/mol. The predicted octanol–water partition coefficient (Wildman–Crippen LogP) is -0.481. The summed E-state index contributed by atoms with van der Waals surface area (Å²) in [4.78, 5) is 25.4. The van der Waals surface area contributed by atoms with E-state index in [1.807, 2.05) is 0 Å². The van der Waals surface area contributed by atoms with Gasteiger partial charge in [-0.2, -0.15) is 0 Å². The molecule has 0 aromatic carbocycles. The van der Waals surface area contributed by atoms with Crippen molar-refractivity contribution in [3.8, 4) is 0 Å². The molecule has 0 saturated carbocycles. The molecule has 0 bridgehead atoms. The highest BCUT2D eigenvalue weighted by Gasteiger charge is 2.39. The van der Waals surface area contributed by atoms with Gasteiger partial charge in [0.2, 0.25) is 0 Å².